The molecule has 2 amide bonds. The molecule has 0 unspecified atom stereocenters. The molecule has 0 bridgehead atoms. The first-order valence-electron chi connectivity index (χ1n) is 13.1. The van der Waals surface area contributed by atoms with E-state index < -0.39 is 41.3 Å². The maximum atomic E-state index is 13.7. The highest BCUT2D eigenvalue weighted by atomic mass is 19.4. The van der Waals surface area contributed by atoms with Gasteiger partial charge in [0.15, 0.2) is 5.69 Å². The molecular formula is C28H27F4N5O4. The van der Waals surface area contributed by atoms with E-state index in [1.54, 1.807) is 37.4 Å². The molecule has 2 aliphatic rings. The van der Waals surface area contributed by atoms with Gasteiger partial charge in [0.2, 0.25) is 5.88 Å². The summed E-state index contributed by atoms with van der Waals surface area (Å²) >= 11 is 0. The van der Waals surface area contributed by atoms with E-state index in [1.807, 2.05) is 11.8 Å². The molecule has 3 aromatic rings. The zero-order valence-corrected chi connectivity index (χ0v) is 22.2. The zero-order chi connectivity index (χ0) is 29.5. The third-order valence-corrected chi connectivity index (χ3v) is 7.31. The SMILES string of the molecule is CCOc1ncccc1-c1ccc(N2C[C@H]3CN(c4ccc(F)cc4C(F)(F)F)C(=O)N3C[C@H]2CC)c(C(=O)O)n1. The van der Waals surface area contributed by atoms with Crippen molar-refractivity contribution in [3.8, 4) is 17.1 Å². The Hall–Kier alpha value is -4.42. The Morgan fingerprint density at radius 2 is 1.83 bits per heavy atom. The number of ether oxygens (including phenoxy) is 1. The van der Waals surface area contributed by atoms with Gasteiger partial charge in [-0.25, -0.2) is 23.9 Å². The van der Waals surface area contributed by atoms with Crippen LogP contribution in [0.15, 0.2) is 48.7 Å². The van der Waals surface area contributed by atoms with E-state index in [-0.39, 0.29) is 31.4 Å². The first kappa shape index (κ1) is 28.1. The molecule has 2 atom stereocenters. The number of rotatable bonds is 7. The zero-order valence-electron chi connectivity index (χ0n) is 22.2. The van der Waals surface area contributed by atoms with Gasteiger partial charge in [0, 0.05) is 31.9 Å². The number of hydrogen-bond acceptors (Lipinski definition) is 6. The summed E-state index contributed by atoms with van der Waals surface area (Å²) in [6, 6.07) is 7.48. The van der Waals surface area contributed by atoms with Crippen LogP contribution in [0.2, 0.25) is 0 Å². The van der Waals surface area contributed by atoms with Gasteiger partial charge in [0.1, 0.15) is 5.82 Å². The van der Waals surface area contributed by atoms with Crippen molar-refractivity contribution in [1.29, 1.82) is 0 Å². The standard InChI is InChI=1S/C28H27F4N5O4/c1-3-17-13-36-18(15-37(27(36)40)22-9-7-16(29)12-20(22)28(30,31)32)14-35(17)23-10-8-21(34-24(23)26(38)39)19-6-5-11-33-25(19)41-4-2/h5-12,17-18H,3-4,13-15H2,1-2H3,(H,38,39)/t17-,18+/m1/s1. The van der Waals surface area contributed by atoms with Crippen LogP contribution >= 0.6 is 0 Å². The van der Waals surface area contributed by atoms with Crippen LogP contribution < -0.4 is 14.5 Å². The number of hydrogen-bond donors (Lipinski definition) is 1. The first-order valence-corrected chi connectivity index (χ1v) is 13.1. The third-order valence-electron chi connectivity index (χ3n) is 7.31. The molecule has 1 N–H and O–H groups in total. The Bertz CT molecular complexity index is 1480. The number of anilines is 2. The van der Waals surface area contributed by atoms with Crippen LogP contribution in [0, 0.1) is 5.82 Å². The van der Waals surface area contributed by atoms with E-state index in [9.17, 15) is 32.3 Å². The molecular weight excluding hydrogens is 546 g/mol. The van der Waals surface area contributed by atoms with Crippen LogP contribution in [0.3, 0.4) is 0 Å². The number of benzene rings is 1. The smallest absolute Gasteiger partial charge is 0.418 e. The largest absolute Gasteiger partial charge is 0.477 e. The molecule has 2 fully saturated rings. The summed E-state index contributed by atoms with van der Waals surface area (Å²) in [5.74, 6) is -2.00. The molecule has 0 saturated carbocycles. The summed E-state index contributed by atoms with van der Waals surface area (Å²) in [4.78, 5) is 38.7. The van der Waals surface area contributed by atoms with Crippen molar-refractivity contribution in [2.45, 2.75) is 38.5 Å². The molecule has 5 rings (SSSR count). The normalized spacial score (nSPS) is 19.0. The lowest BCUT2D eigenvalue weighted by atomic mass is 10.0. The average molecular weight is 574 g/mol. The highest BCUT2D eigenvalue weighted by Crippen LogP contribution is 2.40. The van der Waals surface area contributed by atoms with Gasteiger partial charge < -0.3 is 19.6 Å². The second-order valence-electron chi connectivity index (χ2n) is 9.73. The fourth-order valence-electron chi connectivity index (χ4n) is 5.43. The van der Waals surface area contributed by atoms with Gasteiger partial charge in [-0.05, 0) is 55.8 Å². The molecule has 41 heavy (non-hydrogen) atoms. The summed E-state index contributed by atoms with van der Waals surface area (Å²) in [5.41, 5.74) is -0.649. The number of halogens is 4. The number of alkyl halides is 3. The number of amides is 2. The van der Waals surface area contributed by atoms with Gasteiger partial charge >= 0.3 is 18.2 Å². The minimum Gasteiger partial charge on any atom is -0.477 e. The predicted molar refractivity (Wildman–Crippen MR) is 142 cm³/mol. The number of carboxylic acids is 1. The van der Waals surface area contributed by atoms with Gasteiger partial charge in [-0.3, -0.25) is 4.90 Å². The van der Waals surface area contributed by atoms with Gasteiger partial charge in [-0.1, -0.05) is 6.92 Å². The molecule has 2 aliphatic heterocycles. The molecule has 0 spiro atoms. The number of urea groups is 1. The monoisotopic (exact) mass is 573 g/mol. The Morgan fingerprint density at radius 3 is 2.51 bits per heavy atom. The maximum Gasteiger partial charge on any atom is 0.418 e. The Kier molecular flexibility index (Phi) is 7.45. The second-order valence-corrected chi connectivity index (χ2v) is 9.73. The number of carbonyl (C=O) groups is 2. The molecule has 1 aromatic carbocycles. The van der Waals surface area contributed by atoms with Crippen LogP contribution in [0.5, 0.6) is 5.88 Å². The Morgan fingerprint density at radius 1 is 1.07 bits per heavy atom. The molecule has 2 saturated heterocycles. The highest BCUT2D eigenvalue weighted by molar-refractivity contribution is 5.96. The van der Waals surface area contributed by atoms with E-state index in [2.05, 4.69) is 9.97 Å². The number of aromatic nitrogens is 2. The fraction of sp³-hybridized carbons (Fsp3) is 0.357. The topological polar surface area (TPSA) is 99.1 Å². The van der Waals surface area contributed by atoms with Crippen molar-refractivity contribution in [2.75, 3.05) is 36.0 Å². The predicted octanol–water partition coefficient (Wildman–Crippen LogP) is 5.31. The van der Waals surface area contributed by atoms with E-state index >= 15 is 0 Å². The number of pyridine rings is 2. The van der Waals surface area contributed by atoms with Gasteiger partial charge in [-0.2, -0.15) is 13.2 Å². The number of carbonyl (C=O) groups excluding carboxylic acids is 1. The molecule has 216 valence electrons. The summed E-state index contributed by atoms with van der Waals surface area (Å²) in [6.07, 6.45) is -2.78. The Balaban J connectivity index is 1.49. The van der Waals surface area contributed by atoms with Gasteiger partial charge in [0.05, 0.1) is 40.8 Å². The van der Waals surface area contributed by atoms with E-state index in [0.29, 0.717) is 41.9 Å². The minimum atomic E-state index is -4.86. The van der Waals surface area contributed by atoms with Crippen LogP contribution in [-0.2, 0) is 6.18 Å². The lowest BCUT2D eigenvalue weighted by molar-refractivity contribution is -0.137. The summed E-state index contributed by atoms with van der Waals surface area (Å²) in [6.45, 7) is 4.29. The second kappa shape index (κ2) is 10.9. The van der Waals surface area contributed by atoms with Crippen molar-refractivity contribution in [2.24, 2.45) is 0 Å². The van der Waals surface area contributed by atoms with Crippen molar-refractivity contribution in [1.82, 2.24) is 14.9 Å². The summed E-state index contributed by atoms with van der Waals surface area (Å²) < 4.78 is 60.4. The minimum absolute atomic E-state index is 0.0815. The third kappa shape index (κ3) is 5.23. The maximum absolute atomic E-state index is 13.7. The van der Waals surface area contributed by atoms with Crippen molar-refractivity contribution in [3.63, 3.8) is 0 Å². The number of piperazine rings is 1. The van der Waals surface area contributed by atoms with Crippen LogP contribution in [0.1, 0.15) is 36.3 Å². The van der Waals surface area contributed by atoms with Crippen molar-refractivity contribution < 1.29 is 37.0 Å². The summed E-state index contributed by atoms with van der Waals surface area (Å²) in [7, 11) is 0. The lowest BCUT2D eigenvalue weighted by Gasteiger charge is -2.44. The average Bonchev–Trinajstić information content (AvgIpc) is 3.27. The van der Waals surface area contributed by atoms with E-state index in [1.165, 1.54) is 4.90 Å². The molecule has 2 aromatic heterocycles. The van der Waals surface area contributed by atoms with Crippen molar-refractivity contribution in [3.05, 3.63) is 65.7 Å². The van der Waals surface area contributed by atoms with Crippen LogP contribution in [0.25, 0.3) is 11.3 Å². The number of nitrogens with zero attached hydrogens (tertiary/aromatic N) is 5. The van der Waals surface area contributed by atoms with E-state index in [0.717, 1.165) is 17.0 Å². The molecule has 13 heteroatoms. The van der Waals surface area contributed by atoms with Crippen LogP contribution in [0.4, 0.5) is 33.7 Å². The summed E-state index contributed by atoms with van der Waals surface area (Å²) in [5, 5.41) is 10.1. The van der Waals surface area contributed by atoms with Gasteiger partial charge in [0.25, 0.3) is 0 Å². The molecule has 0 radical (unpaired) electrons. The van der Waals surface area contributed by atoms with Crippen molar-refractivity contribution >= 4 is 23.4 Å². The molecule has 0 aliphatic carbocycles. The van der Waals surface area contributed by atoms with E-state index in [4.69, 9.17) is 4.74 Å². The van der Waals surface area contributed by atoms with Gasteiger partial charge in [-0.15, -0.1) is 0 Å². The lowest BCUT2D eigenvalue weighted by Crippen LogP contribution is -2.57. The highest BCUT2D eigenvalue weighted by Gasteiger charge is 2.47. The first-order chi connectivity index (χ1) is 19.5. The fourth-order valence-corrected chi connectivity index (χ4v) is 5.43. The Labute approximate surface area is 233 Å². The number of fused-ring (bicyclic) bond motifs is 1. The van der Waals surface area contributed by atoms with Crippen LogP contribution in [-0.4, -0.2) is 70.3 Å². The molecule has 9 nitrogen and oxygen atoms in total. The quantitative estimate of drug-likeness (QED) is 0.383. The number of carboxylic acid groups (broad SMARTS) is 1. The number of aromatic carboxylic acids is 1. The molecule has 4 heterocycles.